The lowest BCUT2D eigenvalue weighted by Crippen LogP contribution is -2.31. The maximum absolute atomic E-state index is 12.7. The molecule has 0 fully saturated rings. The molecule has 22 heavy (non-hydrogen) atoms. The number of halogens is 1. The van der Waals surface area contributed by atoms with E-state index in [4.69, 9.17) is 11.6 Å². The minimum Gasteiger partial charge on any atom is -0.334 e. The molecule has 0 aliphatic rings. The van der Waals surface area contributed by atoms with Gasteiger partial charge in [0.2, 0.25) is 0 Å². The zero-order valence-corrected chi connectivity index (χ0v) is 14.6. The van der Waals surface area contributed by atoms with Crippen LogP contribution in [0.1, 0.15) is 22.2 Å². The summed E-state index contributed by atoms with van der Waals surface area (Å²) in [4.78, 5) is 15.3. The van der Waals surface area contributed by atoms with E-state index in [1.807, 2.05) is 13.0 Å². The molecule has 0 saturated heterocycles. The van der Waals surface area contributed by atoms with E-state index in [-0.39, 0.29) is 16.4 Å². The van der Waals surface area contributed by atoms with Crippen LogP contribution in [-0.4, -0.2) is 32.0 Å². The summed E-state index contributed by atoms with van der Waals surface area (Å²) in [6.07, 6.45) is 1.11. The van der Waals surface area contributed by atoms with Crippen LogP contribution in [0.5, 0.6) is 0 Å². The molecule has 0 N–H and O–H groups in total. The van der Waals surface area contributed by atoms with Gasteiger partial charge in [0.1, 0.15) is 0 Å². The van der Waals surface area contributed by atoms with Crippen LogP contribution in [0.2, 0.25) is 4.34 Å². The van der Waals surface area contributed by atoms with Gasteiger partial charge in [-0.1, -0.05) is 23.7 Å². The van der Waals surface area contributed by atoms with E-state index in [1.165, 1.54) is 17.4 Å². The third-order valence-electron chi connectivity index (χ3n) is 3.16. The molecular weight excluding hydrogens is 342 g/mol. The van der Waals surface area contributed by atoms with Crippen molar-refractivity contribution in [2.24, 2.45) is 0 Å². The van der Waals surface area contributed by atoms with Gasteiger partial charge in [0, 0.05) is 17.7 Å². The first-order chi connectivity index (χ1) is 10.3. The highest BCUT2D eigenvalue weighted by molar-refractivity contribution is 7.90. The second-order valence-corrected chi connectivity index (χ2v) is 8.58. The molecule has 2 rings (SSSR count). The van der Waals surface area contributed by atoms with E-state index >= 15 is 0 Å². The van der Waals surface area contributed by atoms with Gasteiger partial charge in [-0.3, -0.25) is 4.79 Å². The summed E-state index contributed by atoms with van der Waals surface area (Å²) in [5.74, 6) is -0.298. The topological polar surface area (TPSA) is 54.5 Å². The Morgan fingerprint density at radius 3 is 2.45 bits per heavy atom. The first kappa shape index (κ1) is 17.0. The lowest BCUT2D eigenvalue weighted by molar-refractivity contribution is 0.0750. The zero-order valence-electron chi connectivity index (χ0n) is 12.2. The van der Waals surface area contributed by atoms with Crippen molar-refractivity contribution in [3.05, 3.63) is 51.2 Å². The van der Waals surface area contributed by atoms with Gasteiger partial charge in [-0.15, -0.1) is 11.3 Å². The number of carbonyl (C=O) groups is 1. The van der Waals surface area contributed by atoms with Gasteiger partial charge >= 0.3 is 0 Å². The summed E-state index contributed by atoms with van der Waals surface area (Å²) in [5, 5.41) is 0. The molecule has 1 amide bonds. The fraction of sp³-hybridized carbons (Fsp3) is 0.267. The summed E-state index contributed by atoms with van der Waals surface area (Å²) < 4.78 is 24.4. The molecular formula is C15H16ClNO3S2. The van der Waals surface area contributed by atoms with Crippen LogP contribution < -0.4 is 0 Å². The summed E-state index contributed by atoms with van der Waals surface area (Å²) in [6.45, 7) is 2.74. The molecule has 0 atom stereocenters. The van der Waals surface area contributed by atoms with Gasteiger partial charge in [-0.2, -0.15) is 0 Å². The molecule has 1 aromatic heterocycles. The SMILES string of the molecule is CCN(Cc1ccc(Cl)s1)C(=O)c1ccccc1S(C)(=O)=O. The van der Waals surface area contributed by atoms with Crippen molar-refractivity contribution in [3.8, 4) is 0 Å². The normalized spacial score (nSPS) is 11.4. The number of thiophene rings is 1. The molecule has 0 aliphatic heterocycles. The van der Waals surface area contributed by atoms with Crippen molar-refractivity contribution in [1.82, 2.24) is 4.90 Å². The molecule has 118 valence electrons. The summed E-state index contributed by atoms with van der Waals surface area (Å²) >= 11 is 7.31. The number of hydrogen-bond donors (Lipinski definition) is 0. The van der Waals surface area contributed by atoms with E-state index in [0.29, 0.717) is 17.4 Å². The molecule has 0 bridgehead atoms. The summed E-state index contributed by atoms with van der Waals surface area (Å²) in [6, 6.07) is 9.93. The largest absolute Gasteiger partial charge is 0.334 e. The second-order valence-electron chi connectivity index (χ2n) is 4.79. The van der Waals surface area contributed by atoms with Crippen molar-refractivity contribution in [1.29, 1.82) is 0 Å². The highest BCUT2D eigenvalue weighted by Gasteiger charge is 2.22. The van der Waals surface area contributed by atoms with Crippen molar-refractivity contribution in [2.45, 2.75) is 18.4 Å². The number of sulfone groups is 1. The predicted octanol–water partition coefficient (Wildman–Crippen LogP) is 3.47. The van der Waals surface area contributed by atoms with E-state index in [2.05, 4.69) is 0 Å². The Kier molecular flexibility index (Phi) is 5.26. The van der Waals surface area contributed by atoms with Gasteiger partial charge in [-0.25, -0.2) is 8.42 Å². The average Bonchev–Trinajstić information content (AvgIpc) is 2.88. The molecule has 0 radical (unpaired) electrons. The minimum absolute atomic E-state index is 0.0580. The molecule has 1 heterocycles. The third-order valence-corrected chi connectivity index (χ3v) is 5.53. The van der Waals surface area contributed by atoms with Crippen LogP contribution in [-0.2, 0) is 16.4 Å². The standard InChI is InChI=1S/C15H16ClNO3S2/c1-3-17(10-11-8-9-14(16)21-11)15(18)12-6-4-5-7-13(12)22(2,19)20/h4-9H,3,10H2,1-2H3. The third kappa shape index (κ3) is 3.88. The Labute approximate surface area is 139 Å². The fourth-order valence-electron chi connectivity index (χ4n) is 2.09. The molecule has 0 unspecified atom stereocenters. The Morgan fingerprint density at radius 2 is 1.91 bits per heavy atom. The Bertz CT molecular complexity index is 784. The van der Waals surface area contributed by atoms with Crippen LogP contribution in [0.15, 0.2) is 41.3 Å². The first-order valence-corrected chi connectivity index (χ1v) is 9.74. The minimum atomic E-state index is -3.45. The van der Waals surface area contributed by atoms with Gasteiger partial charge in [0.15, 0.2) is 9.84 Å². The number of benzene rings is 1. The Morgan fingerprint density at radius 1 is 1.23 bits per heavy atom. The van der Waals surface area contributed by atoms with Crippen molar-refractivity contribution < 1.29 is 13.2 Å². The monoisotopic (exact) mass is 357 g/mol. The Hall–Kier alpha value is -1.37. The molecule has 0 spiro atoms. The van der Waals surface area contributed by atoms with E-state index in [9.17, 15) is 13.2 Å². The van der Waals surface area contributed by atoms with Crippen molar-refractivity contribution >= 4 is 38.7 Å². The van der Waals surface area contributed by atoms with Crippen LogP contribution >= 0.6 is 22.9 Å². The van der Waals surface area contributed by atoms with Gasteiger partial charge in [0.05, 0.1) is 21.3 Å². The van der Waals surface area contributed by atoms with E-state index in [0.717, 1.165) is 11.1 Å². The summed E-state index contributed by atoms with van der Waals surface area (Å²) in [5.41, 5.74) is 0.203. The fourth-order valence-corrected chi connectivity index (χ4v) is 4.07. The van der Waals surface area contributed by atoms with E-state index in [1.54, 1.807) is 29.2 Å². The highest BCUT2D eigenvalue weighted by atomic mass is 35.5. The Balaban J connectivity index is 2.33. The quantitative estimate of drug-likeness (QED) is 0.823. The molecule has 0 saturated carbocycles. The number of rotatable bonds is 5. The first-order valence-electron chi connectivity index (χ1n) is 6.65. The number of hydrogen-bond acceptors (Lipinski definition) is 4. The van der Waals surface area contributed by atoms with Crippen LogP contribution in [0.25, 0.3) is 0 Å². The van der Waals surface area contributed by atoms with E-state index < -0.39 is 9.84 Å². The number of amides is 1. The number of carbonyl (C=O) groups excluding carboxylic acids is 1. The lowest BCUT2D eigenvalue weighted by Gasteiger charge is -2.21. The van der Waals surface area contributed by atoms with Gasteiger partial charge in [0.25, 0.3) is 5.91 Å². The van der Waals surface area contributed by atoms with Crippen LogP contribution in [0.3, 0.4) is 0 Å². The average molecular weight is 358 g/mol. The van der Waals surface area contributed by atoms with Crippen LogP contribution in [0.4, 0.5) is 0 Å². The number of nitrogens with zero attached hydrogens (tertiary/aromatic N) is 1. The van der Waals surface area contributed by atoms with Crippen LogP contribution in [0, 0.1) is 0 Å². The lowest BCUT2D eigenvalue weighted by atomic mass is 10.2. The smallest absolute Gasteiger partial charge is 0.255 e. The zero-order chi connectivity index (χ0) is 16.3. The molecule has 2 aromatic rings. The summed E-state index contributed by atoms with van der Waals surface area (Å²) in [7, 11) is -3.45. The van der Waals surface area contributed by atoms with Crippen molar-refractivity contribution in [2.75, 3.05) is 12.8 Å². The highest BCUT2D eigenvalue weighted by Crippen LogP contribution is 2.24. The maximum Gasteiger partial charge on any atom is 0.255 e. The van der Waals surface area contributed by atoms with Crippen molar-refractivity contribution in [3.63, 3.8) is 0 Å². The predicted molar refractivity (Wildman–Crippen MR) is 89.3 cm³/mol. The van der Waals surface area contributed by atoms with Gasteiger partial charge in [-0.05, 0) is 31.2 Å². The maximum atomic E-state index is 12.7. The molecule has 1 aromatic carbocycles. The second kappa shape index (κ2) is 6.81. The molecule has 0 aliphatic carbocycles. The molecule has 7 heteroatoms. The molecule has 4 nitrogen and oxygen atoms in total. The van der Waals surface area contributed by atoms with Gasteiger partial charge < -0.3 is 4.90 Å².